The number of hydrogen-bond donors (Lipinski definition) is 3. The van der Waals surface area contributed by atoms with Gasteiger partial charge in [-0.1, -0.05) is 18.2 Å². The summed E-state index contributed by atoms with van der Waals surface area (Å²) in [6, 6.07) is 7.39. The number of nitrogens with one attached hydrogen (secondary N) is 3. The molecule has 3 aliphatic heterocycles. The number of carbonyl (C=O) groups is 4. The molecule has 9 heteroatoms. The van der Waals surface area contributed by atoms with Crippen molar-refractivity contribution >= 4 is 23.6 Å². The Hall–Kier alpha value is -2.94. The van der Waals surface area contributed by atoms with Crippen molar-refractivity contribution < 1.29 is 19.2 Å². The second-order valence-electron chi connectivity index (χ2n) is 8.68. The Morgan fingerprint density at radius 1 is 0.969 bits per heavy atom. The summed E-state index contributed by atoms with van der Waals surface area (Å²) in [5.41, 5.74) is 0.499. The number of piperidine rings is 2. The maximum atomic E-state index is 13.3. The van der Waals surface area contributed by atoms with E-state index in [-0.39, 0.29) is 42.6 Å². The van der Waals surface area contributed by atoms with Crippen molar-refractivity contribution in [2.45, 2.75) is 37.8 Å². The van der Waals surface area contributed by atoms with E-state index in [0.717, 1.165) is 32.4 Å². The van der Waals surface area contributed by atoms with Gasteiger partial charge >= 0.3 is 0 Å². The molecule has 3 heterocycles. The Morgan fingerprint density at radius 2 is 1.72 bits per heavy atom. The van der Waals surface area contributed by atoms with Crippen LogP contribution in [0.2, 0.25) is 0 Å². The molecule has 32 heavy (non-hydrogen) atoms. The van der Waals surface area contributed by atoms with E-state index in [0.29, 0.717) is 25.1 Å². The van der Waals surface area contributed by atoms with Gasteiger partial charge in [0.15, 0.2) is 0 Å². The minimum Gasteiger partial charge on any atom is -0.354 e. The molecule has 3 N–H and O–H groups in total. The lowest BCUT2D eigenvalue weighted by atomic mass is 9.95. The Labute approximate surface area is 187 Å². The van der Waals surface area contributed by atoms with Gasteiger partial charge in [0.25, 0.3) is 5.91 Å². The fraction of sp³-hybridized carbons (Fsp3) is 0.565. The largest absolute Gasteiger partial charge is 0.354 e. The van der Waals surface area contributed by atoms with Gasteiger partial charge in [0.1, 0.15) is 12.1 Å². The van der Waals surface area contributed by atoms with Crippen molar-refractivity contribution in [2.75, 3.05) is 39.3 Å². The predicted molar refractivity (Wildman–Crippen MR) is 118 cm³/mol. The smallest absolute Gasteiger partial charge is 0.254 e. The van der Waals surface area contributed by atoms with Crippen LogP contribution in [0.25, 0.3) is 0 Å². The third kappa shape index (κ3) is 4.93. The molecule has 0 aromatic heterocycles. The third-order valence-corrected chi connectivity index (χ3v) is 6.57. The van der Waals surface area contributed by atoms with Crippen molar-refractivity contribution in [3.8, 4) is 0 Å². The molecule has 4 rings (SSSR count). The SMILES string of the molecule is O=C1NCCC[C@H]1NC(=O)[C@@H]1CN(C(=O)C2CCNCC2)CCN1C(=O)c1ccccc1. The molecule has 0 radical (unpaired) electrons. The highest BCUT2D eigenvalue weighted by atomic mass is 16.2. The van der Waals surface area contributed by atoms with Crippen molar-refractivity contribution in [1.29, 1.82) is 0 Å². The van der Waals surface area contributed by atoms with Crippen LogP contribution in [-0.4, -0.2) is 84.8 Å². The topological polar surface area (TPSA) is 111 Å². The molecular weight excluding hydrogens is 410 g/mol. The number of carbonyl (C=O) groups excluding carboxylic acids is 4. The van der Waals surface area contributed by atoms with Gasteiger partial charge in [0.2, 0.25) is 17.7 Å². The molecule has 0 saturated carbocycles. The van der Waals surface area contributed by atoms with Gasteiger partial charge in [-0.05, 0) is 50.9 Å². The minimum absolute atomic E-state index is 0.0477. The Morgan fingerprint density at radius 3 is 2.44 bits per heavy atom. The van der Waals surface area contributed by atoms with Crippen molar-refractivity contribution in [1.82, 2.24) is 25.8 Å². The van der Waals surface area contributed by atoms with E-state index in [1.54, 1.807) is 29.2 Å². The summed E-state index contributed by atoms with van der Waals surface area (Å²) in [5, 5.41) is 8.85. The molecule has 2 atom stereocenters. The average Bonchev–Trinajstić information content (AvgIpc) is 2.85. The number of amides is 4. The summed E-state index contributed by atoms with van der Waals surface area (Å²) >= 11 is 0. The van der Waals surface area contributed by atoms with E-state index in [1.807, 2.05) is 6.07 Å². The van der Waals surface area contributed by atoms with Crippen LogP contribution in [-0.2, 0) is 14.4 Å². The lowest BCUT2D eigenvalue weighted by molar-refractivity contribution is -0.142. The lowest BCUT2D eigenvalue weighted by Crippen LogP contribution is -2.64. The van der Waals surface area contributed by atoms with Gasteiger partial charge in [-0.15, -0.1) is 0 Å². The Kier molecular flexibility index (Phi) is 7.04. The molecule has 0 aliphatic carbocycles. The summed E-state index contributed by atoms with van der Waals surface area (Å²) in [6.07, 6.45) is 2.91. The molecule has 172 valence electrons. The maximum Gasteiger partial charge on any atom is 0.254 e. The first-order valence-corrected chi connectivity index (χ1v) is 11.5. The molecule has 0 spiro atoms. The van der Waals surface area contributed by atoms with Gasteiger partial charge in [0, 0.05) is 31.1 Å². The number of piperazine rings is 1. The molecule has 4 amide bonds. The number of rotatable bonds is 4. The number of hydrogen-bond acceptors (Lipinski definition) is 5. The Bertz CT molecular complexity index is 855. The summed E-state index contributed by atoms with van der Waals surface area (Å²) in [6.45, 7) is 3.04. The first-order chi connectivity index (χ1) is 15.5. The molecule has 3 fully saturated rings. The van der Waals surface area contributed by atoms with Crippen LogP contribution in [0.1, 0.15) is 36.0 Å². The van der Waals surface area contributed by atoms with E-state index in [1.165, 1.54) is 4.90 Å². The standard InChI is InChI=1S/C23H31N5O4/c29-20-18(7-4-10-25-20)26-21(30)19-15-27(22(31)17-8-11-24-12-9-17)13-14-28(19)23(32)16-5-2-1-3-6-16/h1-3,5-6,17-19,24H,4,7-15H2,(H,25,29)(H,26,30)/t18-,19+/m1/s1. The molecular formula is C23H31N5O4. The van der Waals surface area contributed by atoms with Crippen LogP contribution in [0.3, 0.4) is 0 Å². The fourth-order valence-electron chi connectivity index (χ4n) is 4.70. The van der Waals surface area contributed by atoms with Gasteiger partial charge in [-0.3, -0.25) is 19.2 Å². The van der Waals surface area contributed by atoms with Crippen molar-refractivity contribution in [3.63, 3.8) is 0 Å². The van der Waals surface area contributed by atoms with Crippen LogP contribution in [0.15, 0.2) is 30.3 Å². The summed E-state index contributed by atoms with van der Waals surface area (Å²) in [7, 11) is 0. The highest BCUT2D eigenvalue weighted by Crippen LogP contribution is 2.21. The highest BCUT2D eigenvalue weighted by Gasteiger charge is 2.40. The maximum absolute atomic E-state index is 13.3. The first-order valence-electron chi connectivity index (χ1n) is 11.5. The van der Waals surface area contributed by atoms with Crippen LogP contribution in [0, 0.1) is 5.92 Å². The van der Waals surface area contributed by atoms with Crippen molar-refractivity contribution in [3.05, 3.63) is 35.9 Å². The van der Waals surface area contributed by atoms with E-state index < -0.39 is 12.1 Å². The van der Waals surface area contributed by atoms with Crippen molar-refractivity contribution in [2.24, 2.45) is 5.92 Å². The number of benzene rings is 1. The second-order valence-corrected chi connectivity index (χ2v) is 8.68. The van der Waals surface area contributed by atoms with E-state index in [9.17, 15) is 19.2 Å². The molecule has 3 aliphatic rings. The van der Waals surface area contributed by atoms with Gasteiger partial charge in [-0.25, -0.2) is 0 Å². The quantitative estimate of drug-likeness (QED) is 0.596. The summed E-state index contributed by atoms with van der Waals surface area (Å²) < 4.78 is 0. The number of nitrogens with zero attached hydrogens (tertiary/aromatic N) is 2. The fourth-order valence-corrected chi connectivity index (χ4v) is 4.70. The van der Waals surface area contributed by atoms with E-state index in [4.69, 9.17) is 0 Å². The second kappa shape index (κ2) is 10.1. The predicted octanol–water partition coefficient (Wildman–Crippen LogP) is -0.266. The molecule has 9 nitrogen and oxygen atoms in total. The monoisotopic (exact) mass is 441 g/mol. The summed E-state index contributed by atoms with van der Waals surface area (Å²) in [4.78, 5) is 55.0. The van der Waals surface area contributed by atoms with Crippen LogP contribution < -0.4 is 16.0 Å². The van der Waals surface area contributed by atoms with Gasteiger partial charge < -0.3 is 25.8 Å². The van der Waals surface area contributed by atoms with E-state index >= 15 is 0 Å². The van der Waals surface area contributed by atoms with Gasteiger partial charge in [0.05, 0.1) is 6.54 Å². The highest BCUT2D eigenvalue weighted by molar-refractivity contribution is 5.99. The molecule has 3 saturated heterocycles. The minimum atomic E-state index is -0.836. The molecule has 1 aromatic carbocycles. The van der Waals surface area contributed by atoms with Crippen LogP contribution >= 0.6 is 0 Å². The average molecular weight is 442 g/mol. The zero-order valence-corrected chi connectivity index (χ0v) is 18.2. The van der Waals surface area contributed by atoms with Gasteiger partial charge in [-0.2, -0.15) is 0 Å². The zero-order chi connectivity index (χ0) is 22.5. The zero-order valence-electron chi connectivity index (χ0n) is 18.2. The van der Waals surface area contributed by atoms with Crippen LogP contribution in [0.5, 0.6) is 0 Å². The lowest BCUT2D eigenvalue weighted by Gasteiger charge is -2.42. The molecule has 0 bridgehead atoms. The van der Waals surface area contributed by atoms with Crippen LogP contribution in [0.4, 0.5) is 0 Å². The Balaban J connectivity index is 1.51. The molecule has 1 aromatic rings. The molecule has 0 unspecified atom stereocenters. The first kappa shape index (κ1) is 22.3. The van der Waals surface area contributed by atoms with E-state index in [2.05, 4.69) is 16.0 Å². The summed E-state index contributed by atoms with van der Waals surface area (Å²) in [5.74, 6) is -0.845. The normalized spacial score (nSPS) is 24.6. The third-order valence-electron chi connectivity index (χ3n) is 6.57.